The van der Waals surface area contributed by atoms with Crippen LogP contribution in [0.5, 0.6) is 5.75 Å². The second-order valence-corrected chi connectivity index (χ2v) is 9.62. The summed E-state index contributed by atoms with van der Waals surface area (Å²) >= 11 is 6.57. The minimum absolute atomic E-state index is 0.0364. The Balaban J connectivity index is 1.84. The molecule has 1 aromatic heterocycles. The Kier molecular flexibility index (Phi) is 10.2. The van der Waals surface area contributed by atoms with E-state index >= 15 is 0 Å². The van der Waals surface area contributed by atoms with E-state index in [1.54, 1.807) is 0 Å². The van der Waals surface area contributed by atoms with Crippen molar-refractivity contribution in [3.8, 4) is 5.75 Å². The van der Waals surface area contributed by atoms with E-state index in [-0.39, 0.29) is 34.7 Å². The summed E-state index contributed by atoms with van der Waals surface area (Å²) in [6.45, 7) is -4.30. The number of carbonyl (C=O) groups is 4. The molecule has 3 N–H and O–H groups in total. The molecule has 0 radical (unpaired) electrons. The first kappa shape index (κ1) is 31.0. The maximum atomic E-state index is 13.6. The molecule has 0 saturated carbocycles. The summed E-state index contributed by atoms with van der Waals surface area (Å²) in [5.41, 5.74) is -0.351. The lowest BCUT2D eigenvalue weighted by Crippen LogP contribution is -2.56. The van der Waals surface area contributed by atoms with Gasteiger partial charge in [-0.1, -0.05) is 11.6 Å². The zero-order valence-electron chi connectivity index (χ0n) is 19.9. The van der Waals surface area contributed by atoms with Gasteiger partial charge in [0.05, 0.1) is 21.5 Å². The van der Waals surface area contributed by atoms with Gasteiger partial charge in [0, 0.05) is 24.8 Å². The number of morpholine rings is 1. The summed E-state index contributed by atoms with van der Waals surface area (Å²) in [6.07, 6.45) is -4.42. The van der Waals surface area contributed by atoms with Crippen molar-refractivity contribution in [3.05, 3.63) is 39.5 Å². The Morgan fingerprint density at radius 3 is 2.48 bits per heavy atom. The van der Waals surface area contributed by atoms with Crippen LogP contribution in [0.2, 0.25) is 4.34 Å². The van der Waals surface area contributed by atoms with Crippen molar-refractivity contribution in [2.45, 2.75) is 25.0 Å². The van der Waals surface area contributed by atoms with Crippen molar-refractivity contribution in [1.29, 1.82) is 0 Å². The van der Waals surface area contributed by atoms with Gasteiger partial charge in [-0.3, -0.25) is 19.2 Å². The normalized spacial score (nSPS) is 14.7. The molecule has 0 aliphatic carbocycles. The Bertz CT molecular complexity index is 1270. The number of hydrogen-bond donors (Lipinski definition) is 3. The average Bonchev–Trinajstić information content (AvgIpc) is 3.33. The number of benzene rings is 1. The fourth-order valence-corrected chi connectivity index (χ4v) is 4.23. The molecule has 0 spiro atoms. The predicted molar refractivity (Wildman–Crippen MR) is 129 cm³/mol. The molecule has 1 saturated heterocycles. The number of nitrogens with one attached hydrogen (secondary N) is 3. The smallest absolute Gasteiger partial charge is 0.387 e. The van der Waals surface area contributed by atoms with Gasteiger partial charge in [0.2, 0.25) is 5.91 Å². The molecular formula is C22H19ClF6N4O6S. The molecule has 10 nitrogen and oxygen atoms in total. The van der Waals surface area contributed by atoms with Crippen molar-refractivity contribution >= 4 is 57.9 Å². The summed E-state index contributed by atoms with van der Waals surface area (Å²) < 4.78 is 88.3. The molecule has 18 heteroatoms. The van der Waals surface area contributed by atoms with Crippen LogP contribution >= 0.6 is 22.9 Å². The Labute approximate surface area is 230 Å². The fourth-order valence-electron chi connectivity index (χ4n) is 3.27. The summed E-state index contributed by atoms with van der Waals surface area (Å²) in [6, 6.07) is 3.87. The zero-order valence-corrected chi connectivity index (χ0v) is 21.5. The van der Waals surface area contributed by atoms with Crippen LogP contribution in [0, 0.1) is 0 Å². The van der Waals surface area contributed by atoms with E-state index in [9.17, 15) is 45.5 Å². The standard InChI is InChI=1S/C22H19ClF6N4O6S/c23-15-4-3-14(40-15)18(36)30-8-12(32-20(37)22(28,29)19(24)25)17(35)31-11-2-1-10(7-13(11)39-21(26)27)33-5-6-38-9-16(33)34/h1-4,7,12,19,21H,5-6,8-9H2,(H,30,36)(H,31,35)(H,32,37)/t12-/m1/s1. The number of hydrogen-bond acceptors (Lipinski definition) is 7. The first-order valence-electron chi connectivity index (χ1n) is 11.1. The minimum atomic E-state index is -5.19. The van der Waals surface area contributed by atoms with Gasteiger partial charge in [-0.15, -0.1) is 11.3 Å². The average molecular weight is 617 g/mol. The van der Waals surface area contributed by atoms with Gasteiger partial charge in [0.15, 0.2) is 5.75 Å². The van der Waals surface area contributed by atoms with Crippen molar-refractivity contribution in [1.82, 2.24) is 10.6 Å². The van der Waals surface area contributed by atoms with Crippen molar-refractivity contribution in [2.75, 3.05) is 36.5 Å². The number of amides is 4. The lowest BCUT2D eigenvalue weighted by Gasteiger charge is -2.27. The molecule has 2 aromatic rings. The molecule has 2 heterocycles. The molecule has 1 atom stereocenters. The number of alkyl halides is 6. The van der Waals surface area contributed by atoms with E-state index in [0.29, 0.717) is 0 Å². The van der Waals surface area contributed by atoms with Crippen LogP contribution in [-0.2, 0) is 19.1 Å². The second-order valence-electron chi connectivity index (χ2n) is 7.91. The van der Waals surface area contributed by atoms with Gasteiger partial charge >= 0.3 is 19.0 Å². The van der Waals surface area contributed by atoms with Crippen molar-refractivity contribution < 1.29 is 55.0 Å². The van der Waals surface area contributed by atoms with Crippen LogP contribution in [0.1, 0.15) is 9.67 Å². The van der Waals surface area contributed by atoms with Gasteiger partial charge in [0.1, 0.15) is 12.6 Å². The van der Waals surface area contributed by atoms with Crippen molar-refractivity contribution in [2.24, 2.45) is 0 Å². The highest BCUT2D eigenvalue weighted by Gasteiger charge is 2.50. The molecule has 1 aliphatic heterocycles. The molecule has 0 unspecified atom stereocenters. The zero-order chi connectivity index (χ0) is 29.6. The number of carbonyl (C=O) groups excluding carboxylic acids is 4. The van der Waals surface area contributed by atoms with E-state index in [4.69, 9.17) is 16.3 Å². The lowest BCUT2D eigenvalue weighted by molar-refractivity contribution is -0.170. The van der Waals surface area contributed by atoms with E-state index in [1.807, 2.05) is 0 Å². The van der Waals surface area contributed by atoms with Crippen LogP contribution < -0.4 is 25.6 Å². The van der Waals surface area contributed by atoms with Gasteiger partial charge in [-0.25, -0.2) is 8.78 Å². The van der Waals surface area contributed by atoms with Crippen LogP contribution in [0.4, 0.5) is 37.7 Å². The topological polar surface area (TPSA) is 126 Å². The lowest BCUT2D eigenvalue weighted by atomic mass is 10.2. The third kappa shape index (κ3) is 7.76. The molecule has 218 valence electrons. The van der Waals surface area contributed by atoms with Crippen LogP contribution in [0.25, 0.3) is 0 Å². The second kappa shape index (κ2) is 13.2. The van der Waals surface area contributed by atoms with Crippen LogP contribution in [0.15, 0.2) is 30.3 Å². The number of halogens is 7. The Hall–Kier alpha value is -3.57. The first-order valence-corrected chi connectivity index (χ1v) is 12.3. The van der Waals surface area contributed by atoms with Crippen LogP contribution in [0.3, 0.4) is 0 Å². The number of rotatable bonds is 11. The molecule has 4 amide bonds. The van der Waals surface area contributed by atoms with Crippen LogP contribution in [-0.4, -0.2) is 74.9 Å². The molecule has 1 fully saturated rings. The number of thiophene rings is 1. The molecule has 1 aliphatic rings. The minimum Gasteiger partial charge on any atom is -0.433 e. The van der Waals surface area contributed by atoms with Gasteiger partial charge in [0.25, 0.3) is 17.7 Å². The highest BCUT2D eigenvalue weighted by atomic mass is 35.5. The monoisotopic (exact) mass is 616 g/mol. The predicted octanol–water partition coefficient (Wildman–Crippen LogP) is 3.12. The summed E-state index contributed by atoms with van der Waals surface area (Å²) in [5, 5.41) is 5.66. The molecule has 1 aromatic carbocycles. The third-order valence-electron chi connectivity index (χ3n) is 5.20. The Morgan fingerprint density at radius 1 is 1.15 bits per heavy atom. The first-order chi connectivity index (χ1) is 18.8. The number of nitrogens with zero attached hydrogens (tertiary/aromatic N) is 1. The fraction of sp³-hybridized carbons (Fsp3) is 0.364. The van der Waals surface area contributed by atoms with Gasteiger partial charge in [-0.2, -0.15) is 17.6 Å². The van der Waals surface area contributed by atoms with E-state index in [2.05, 4.69) is 15.4 Å². The largest absolute Gasteiger partial charge is 0.433 e. The van der Waals surface area contributed by atoms with Gasteiger partial charge in [-0.05, 0) is 24.3 Å². The van der Waals surface area contributed by atoms with Gasteiger partial charge < -0.3 is 30.3 Å². The number of anilines is 2. The van der Waals surface area contributed by atoms with E-state index < -0.39 is 66.6 Å². The molecule has 40 heavy (non-hydrogen) atoms. The highest BCUT2D eigenvalue weighted by molar-refractivity contribution is 7.18. The summed E-state index contributed by atoms with van der Waals surface area (Å²) in [7, 11) is 0. The molecular weight excluding hydrogens is 598 g/mol. The summed E-state index contributed by atoms with van der Waals surface area (Å²) in [4.78, 5) is 50.4. The SMILES string of the molecule is O=C(NC[C@@H](NC(=O)C(F)(F)C(F)F)C(=O)Nc1ccc(N2CCOCC2=O)cc1OC(F)F)c1ccc(Cl)s1. The molecule has 0 bridgehead atoms. The maximum Gasteiger partial charge on any atom is 0.387 e. The van der Waals surface area contributed by atoms with E-state index in [0.717, 1.165) is 23.5 Å². The number of ether oxygens (including phenoxy) is 2. The quantitative estimate of drug-likeness (QED) is 0.333. The Morgan fingerprint density at radius 2 is 1.88 bits per heavy atom. The highest BCUT2D eigenvalue weighted by Crippen LogP contribution is 2.32. The van der Waals surface area contributed by atoms with E-state index in [1.165, 1.54) is 28.4 Å². The maximum absolute atomic E-state index is 13.6. The summed E-state index contributed by atoms with van der Waals surface area (Å²) in [5.74, 6) is -11.1. The molecule has 3 rings (SSSR count). The van der Waals surface area contributed by atoms with Crippen molar-refractivity contribution in [3.63, 3.8) is 0 Å². The third-order valence-corrected chi connectivity index (χ3v) is 6.43.